The Hall–Kier alpha value is -4.62. The lowest BCUT2D eigenvalue weighted by Crippen LogP contribution is -2.20. The summed E-state index contributed by atoms with van der Waals surface area (Å²) < 4.78 is 0. The molecule has 0 bridgehead atoms. The van der Waals surface area contributed by atoms with Crippen LogP contribution in [0.25, 0.3) is 11.1 Å². The van der Waals surface area contributed by atoms with Crippen molar-refractivity contribution in [2.24, 2.45) is 0 Å². The van der Waals surface area contributed by atoms with Crippen molar-refractivity contribution in [3.05, 3.63) is 166 Å². The lowest BCUT2D eigenvalue weighted by atomic mass is 9.80. The highest BCUT2D eigenvalue weighted by molar-refractivity contribution is 7.27. The van der Waals surface area contributed by atoms with E-state index in [1.165, 1.54) is 55.1 Å². The van der Waals surface area contributed by atoms with Crippen LogP contribution in [0.3, 0.4) is 0 Å². The first-order chi connectivity index (χ1) is 32.2. The molecule has 6 aromatic rings. The van der Waals surface area contributed by atoms with Crippen LogP contribution in [0.4, 0.5) is 0 Å². The van der Waals surface area contributed by atoms with Gasteiger partial charge in [-0.15, -0.1) is 18.5 Å². The molecule has 0 saturated heterocycles. The molecule has 4 nitrogen and oxygen atoms in total. The minimum Gasteiger partial charge on any atom is -0.290 e. The van der Waals surface area contributed by atoms with Crippen LogP contribution >= 0.6 is 18.5 Å². The smallest absolute Gasteiger partial charge is 0.182 e. The number of rotatable bonds is 9. The first-order valence-electron chi connectivity index (χ1n) is 25.2. The molecule has 378 valence electrons. The summed E-state index contributed by atoms with van der Waals surface area (Å²) in [5.41, 5.74) is 12.4. The first-order valence-corrected chi connectivity index (χ1v) is 26.3. The molecule has 0 fully saturated rings. The number of hydrogen-bond acceptors (Lipinski definition) is 4. The Labute approximate surface area is 430 Å². The van der Waals surface area contributed by atoms with Gasteiger partial charge in [-0.25, -0.2) is 0 Å². The predicted molar refractivity (Wildman–Crippen MR) is 310 cm³/mol. The van der Waals surface area contributed by atoms with E-state index in [9.17, 15) is 0 Å². The van der Waals surface area contributed by atoms with Gasteiger partial charge in [0.15, 0.2) is 23.0 Å². The van der Waals surface area contributed by atoms with Crippen LogP contribution < -0.4 is 30.2 Å². The molecular weight excluding hydrogens is 895 g/mol. The van der Waals surface area contributed by atoms with Crippen LogP contribution in [0.5, 0.6) is 23.0 Å². The summed E-state index contributed by atoms with van der Waals surface area (Å²) in [5, 5.41) is 2.44. The fourth-order valence-electron chi connectivity index (χ4n) is 7.75. The van der Waals surface area contributed by atoms with Gasteiger partial charge in [-0.1, -0.05) is 236 Å². The molecule has 0 radical (unpaired) electrons. The molecule has 0 aliphatic heterocycles. The highest BCUT2D eigenvalue weighted by Gasteiger charge is 2.28. The zero-order valence-corrected chi connectivity index (χ0v) is 49.1. The average molecular weight is 983 g/mol. The highest BCUT2D eigenvalue weighted by Crippen LogP contribution is 2.40. The molecule has 70 heavy (non-hydrogen) atoms. The Bertz CT molecular complexity index is 2430. The molecule has 6 aromatic carbocycles. The van der Waals surface area contributed by atoms with Crippen LogP contribution in [-0.2, 0) is 45.3 Å². The SMILES string of the molecule is CC(C)(C)c1ccc(OOc2ccc(C(C)(C)C)cc2C(C)(C)C)c(C(C)(C)C)c1.CCc1ccc(OOc2ccc(CC)cc2C(C)(C)C)c(C(C)(C)C)c1.Pc1ccc(-c2ccc(P)cc2)cc1. The summed E-state index contributed by atoms with van der Waals surface area (Å²) in [5.74, 6) is 3.12. The number of hydrogen-bond donors (Lipinski definition) is 0. The Morgan fingerprint density at radius 2 is 0.543 bits per heavy atom. The Morgan fingerprint density at radius 3 is 0.771 bits per heavy atom. The number of aryl methyl sites for hydroxylation is 2. The molecule has 0 saturated carbocycles. The largest absolute Gasteiger partial charge is 0.290 e. The normalized spacial score (nSPS) is 12.3. The third-order valence-corrected chi connectivity index (χ3v) is 13.2. The van der Waals surface area contributed by atoms with Crippen molar-refractivity contribution >= 4 is 29.1 Å². The van der Waals surface area contributed by atoms with E-state index in [0.29, 0.717) is 0 Å². The summed E-state index contributed by atoms with van der Waals surface area (Å²) in [7, 11) is 5.39. The maximum Gasteiger partial charge on any atom is 0.182 e. The van der Waals surface area contributed by atoms with E-state index in [1.54, 1.807) is 0 Å². The van der Waals surface area contributed by atoms with E-state index in [0.717, 1.165) is 47.0 Å². The second-order valence-electron chi connectivity index (χ2n) is 24.9. The first kappa shape index (κ1) is 58.0. The molecule has 6 heteroatoms. The molecular formula is C64H88O4P2. The van der Waals surface area contributed by atoms with Gasteiger partial charge in [0.05, 0.1) is 0 Å². The average Bonchev–Trinajstić information content (AvgIpc) is 3.26. The number of benzene rings is 6. The fourth-order valence-corrected chi connectivity index (χ4v) is 8.14. The zero-order chi connectivity index (χ0) is 52.6. The van der Waals surface area contributed by atoms with Gasteiger partial charge in [0.2, 0.25) is 0 Å². The summed E-state index contributed by atoms with van der Waals surface area (Å²) in [4.78, 5) is 23.7. The standard InChI is InChI=1S/C28H42O2.C24H34O2.C12H12P2/c1-25(2,3)19-13-15-23(21(17-19)27(7,8)9)29-30-24-16-14-20(26(4,5)6)18-22(24)28(10,11)12;1-9-17-11-13-21(19(15-17)23(3,4)5)25-26-22-14-12-18(10-2)16-20(22)24(6,7)8;13-11-5-1-9(2-6-11)10-3-7-12(14)8-4-10/h13-18H,1-12H3;11-16H,9-10H2,1-8H3;1-8H,13-14H2. The molecule has 6 rings (SSSR count). The minimum atomic E-state index is -0.0527. The molecule has 0 N–H and O–H groups in total. The van der Waals surface area contributed by atoms with Gasteiger partial charge >= 0.3 is 0 Å². The molecule has 0 amide bonds. The van der Waals surface area contributed by atoms with Crippen molar-refractivity contribution in [1.29, 1.82) is 0 Å². The van der Waals surface area contributed by atoms with Gasteiger partial charge in [-0.3, -0.25) is 19.6 Å². The van der Waals surface area contributed by atoms with Crippen molar-refractivity contribution in [3.63, 3.8) is 0 Å². The Morgan fingerprint density at radius 1 is 0.300 bits per heavy atom. The molecule has 0 heterocycles. The van der Waals surface area contributed by atoms with E-state index >= 15 is 0 Å². The summed E-state index contributed by atoms with van der Waals surface area (Å²) in [6, 6.07) is 42.6. The van der Waals surface area contributed by atoms with Gasteiger partial charge in [0, 0.05) is 22.3 Å². The van der Waals surface area contributed by atoms with Gasteiger partial charge in [0.25, 0.3) is 0 Å². The molecule has 2 atom stereocenters. The third kappa shape index (κ3) is 16.7. The lowest BCUT2D eigenvalue weighted by Gasteiger charge is -2.28. The maximum atomic E-state index is 5.98. The van der Waals surface area contributed by atoms with Crippen molar-refractivity contribution in [2.75, 3.05) is 0 Å². The van der Waals surface area contributed by atoms with Gasteiger partial charge in [0.1, 0.15) is 0 Å². The van der Waals surface area contributed by atoms with Crippen LogP contribution in [0, 0.1) is 0 Å². The van der Waals surface area contributed by atoms with E-state index in [2.05, 4.69) is 254 Å². The predicted octanol–water partition coefficient (Wildman–Crippen LogP) is 17.4. The molecule has 0 spiro atoms. The van der Waals surface area contributed by atoms with Crippen LogP contribution in [0.1, 0.15) is 183 Å². The summed E-state index contributed by atoms with van der Waals surface area (Å²) in [6.07, 6.45) is 2.02. The van der Waals surface area contributed by atoms with Gasteiger partial charge in [-0.2, -0.15) is 0 Å². The monoisotopic (exact) mass is 983 g/mol. The van der Waals surface area contributed by atoms with Gasteiger partial charge in [-0.05, 0) is 114 Å². The van der Waals surface area contributed by atoms with Crippen LogP contribution in [-0.4, -0.2) is 0 Å². The van der Waals surface area contributed by atoms with E-state index in [-0.39, 0.29) is 32.5 Å². The van der Waals surface area contributed by atoms with E-state index in [1.807, 2.05) is 24.3 Å². The van der Waals surface area contributed by atoms with Crippen molar-refractivity contribution in [3.8, 4) is 34.1 Å². The van der Waals surface area contributed by atoms with Crippen LogP contribution in [0.2, 0.25) is 0 Å². The minimum absolute atomic E-state index is 0.0111. The quantitative estimate of drug-likeness (QED) is 0.0822. The van der Waals surface area contributed by atoms with Crippen molar-refractivity contribution in [2.45, 2.75) is 184 Å². The molecule has 2 unspecified atom stereocenters. The summed E-state index contributed by atoms with van der Waals surface area (Å²) >= 11 is 0. The Balaban J connectivity index is 0.000000242. The zero-order valence-electron chi connectivity index (χ0n) is 46.7. The van der Waals surface area contributed by atoms with Crippen molar-refractivity contribution < 1.29 is 19.6 Å². The fraction of sp³-hybridized carbons (Fsp3) is 0.438. The van der Waals surface area contributed by atoms with E-state index < -0.39 is 0 Å². The third-order valence-electron chi connectivity index (χ3n) is 12.4. The highest BCUT2D eigenvalue weighted by atomic mass is 31.0. The van der Waals surface area contributed by atoms with Crippen LogP contribution in [0.15, 0.2) is 121 Å². The second kappa shape index (κ2) is 23.3. The lowest BCUT2D eigenvalue weighted by molar-refractivity contribution is -0.103. The van der Waals surface area contributed by atoms with Gasteiger partial charge < -0.3 is 0 Å². The second-order valence-corrected chi connectivity index (χ2v) is 26.2. The topological polar surface area (TPSA) is 36.9 Å². The van der Waals surface area contributed by atoms with Crippen molar-refractivity contribution in [1.82, 2.24) is 0 Å². The summed E-state index contributed by atoms with van der Waals surface area (Å²) in [6.45, 7) is 44.2. The van der Waals surface area contributed by atoms with E-state index in [4.69, 9.17) is 19.6 Å². The maximum absolute atomic E-state index is 5.98. The molecule has 0 aliphatic carbocycles. The molecule has 0 aromatic heterocycles. The Kier molecular flexibility index (Phi) is 19.3. The molecule has 0 aliphatic rings.